The third-order valence-corrected chi connectivity index (χ3v) is 3.99. The second-order valence-electron chi connectivity index (χ2n) is 5.11. The average molecular weight is 232 g/mol. The molecule has 1 heterocycles. The van der Waals surface area contributed by atoms with E-state index < -0.39 is 0 Å². The highest BCUT2D eigenvalue weighted by Crippen LogP contribution is 2.18. The molecule has 1 aromatic carbocycles. The first-order valence-electron chi connectivity index (χ1n) is 6.76. The highest BCUT2D eigenvalue weighted by molar-refractivity contribution is 5.14. The summed E-state index contributed by atoms with van der Waals surface area (Å²) in [7, 11) is 2.27. The fraction of sp³-hybridized carbons (Fsp3) is 0.600. The third kappa shape index (κ3) is 3.30. The molecule has 2 nitrogen and oxygen atoms in total. The van der Waals surface area contributed by atoms with Crippen LogP contribution >= 0.6 is 0 Å². The average Bonchev–Trinajstić information content (AvgIpc) is 2.85. The second kappa shape index (κ2) is 6.18. The van der Waals surface area contributed by atoms with E-state index in [2.05, 4.69) is 54.5 Å². The molecule has 0 aliphatic carbocycles. The van der Waals surface area contributed by atoms with Crippen LogP contribution in [0, 0.1) is 5.92 Å². The van der Waals surface area contributed by atoms with Crippen molar-refractivity contribution in [3.8, 4) is 0 Å². The number of rotatable bonds is 5. The predicted molar refractivity (Wildman–Crippen MR) is 73.2 cm³/mol. The van der Waals surface area contributed by atoms with E-state index in [-0.39, 0.29) is 0 Å². The van der Waals surface area contributed by atoms with Crippen LogP contribution in [0.25, 0.3) is 0 Å². The Morgan fingerprint density at radius 3 is 2.71 bits per heavy atom. The van der Waals surface area contributed by atoms with Gasteiger partial charge in [0.15, 0.2) is 0 Å². The maximum atomic E-state index is 3.51. The SMILES string of the molecule is CCC1CNCC1N(C)CCc1ccccc1. The minimum atomic E-state index is 0.726. The summed E-state index contributed by atoms with van der Waals surface area (Å²) in [6, 6.07) is 11.5. The molecule has 1 fully saturated rings. The molecule has 2 atom stereocenters. The zero-order valence-corrected chi connectivity index (χ0v) is 11.0. The van der Waals surface area contributed by atoms with Crippen LogP contribution < -0.4 is 5.32 Å². The van der Waals surface area contributed by atoms with Crippen LogP contribution in [0.3, 0.4) is 0 Å². The van der Waals surface area contributed by atoms with Gasteiger partial charge in [0.2, 0.25) is 0 Å². The summed E-state index contributed by atoms with van der Waals surface area (Å²) in [5, 5.41) is 3.51. The van der Waals surface area contributed by atoms with Crippen LogP contribution in [0.1, 0.15) is 18.9 Å². The lowest BCUT2D eigenvalue weighted by molar-refractivity contribution is 0.211. The fourth-order valence-electron chi connectivity index (χ4n) is 2.77. The molecule has 0 radical (unpaired) electrons. The van der Waals surface area contributed by atoms with Crippen molar-refractivity contribution in [3.63, 3.8) is 0 Å². The van der Waals surface area contributed by atoms with Gasteiger partial charge in [0.25, 0.3) is 0 Å². The van der Waals surface area contributed by atoms with Crippen molar-refractivity contribution in [3.05, 3.63) is 35.9 Å². The van der Waals surface area contributed by atoms with Crippen LogP contribution in [-0.2, 0) is 6.42 Å². The summed E-state index contributed by atoms with van der Waals surface area (Å²) < 4.78 is 0. The van der Waals surface area contributed by atoms with Crippen molar-refractivity contribution in [1.29, 1.82) is 0 Å². The number of likely N-dealkylation sites (N-methyl/N-ethyl adjacent to an activating group) is 1. The van der Waals surface area contributed by atoms with Crippen molar-refractivity contribution in [1.82, 2.24) is 10.2 Å². The van der Waals surface area contributed by atoms with Gasteiger partial charge < -0.3 is 10.2 Å². The highest BCUT2D eigenvalue weighted by Gasteiger charge is 2.28. The molecule has 1 N–H and O–H groups in total. The van der Waals surface area contributed by atoms with Gasteiger partial charge in [-0.15, -0.1) is 0 Å². The van der Waals surface area contributed by atoms with Gasteiger partial charge in [0, 0.05) is 19.1 Å². The zero-order valence-electron chi connectivity index (χ0n) is 11.0. The Hall–Kier alpha value is -0.860. The lowest BCUT2D eigenvalue weighted by Gasteiger charge is -2.28. The Morgan fingerprint density at radius 1 is 1.24 bits per heavy atom. The standard InChI is InChI=1S/C15H24N2/c1-3-14-11-16-12-15(14)17(2)10-9-13-7-5-4-6-8-13/h4-8,14-16H,3,9-12H2,1-2H3. The molecule has 0 spiro atoms. The number of hydrogen-bond donors (Lipinski definition) is 1. The Labute approximate surface area is 105 Å². The molecule has 2 unspecified atom stereocenters. The normalized spacial score (nSPS) is 24.4. The van der Waals surface area contributed by atoms with Crippen LogP contribution in [-0.4, -0.2) is 37.6 Å². The molecule has 0 aromatic heterocycles. The van der Waals surface area contributed by atoms with E-state index in [1.54, 1.807) is 0 Å². The molecule has 0 amide bonds. The number of nitrogens with zero attached hydrogens (tertiary/aromatic N) is 1. The van der Waals surface area contributed by atoms with E-state index in [1.165, 1.54) is 18.5 Å². The molecule has 94 valence electrons. The maximum Gasteiger partial charge on any atom is 0.0257 e. The van der Waals surface area contributed by atoms with E-state index in [9.17, 15) is 0 Å². The smallest absolute Gasteiger partial charge is 0.0257 e. The lowest BCUT2D eigenvalue weighted by Crippen LogP contribution is -2.38. The number of nitrogens with one attached hydrogen (secondary N) is 1. The van der Waals surface area contributed by atoms with E-state index >= 15 is 0 Å². The molecule has 1 aliphatic heterocycles. The molecule has 1 saturated heterocycles. The Bertz CT molecular complexity index is 323. The van der Waals surface area contributed by atoms with E-state index in [0.717, 1.165) is 31.5 Å². The molecule has 17 heavy (non-hydrogen) atoms. The number of hydrogen-bond acceptors (Lipinski definition) is 2. The number of benzene rings is 1. The topological polar surface area (TPSA) is 15.3 Å². The summed E-state index contributed by atoms with van der Waals surface area (Å²) >= 11 is 0. The molecule has 0 bridgehead atoms. The van der Waals surface area contributed by atoms with Gasteiger partial charge >= 0.3 is 0 Å². The predicted octanol–water partition coefficient (Wildman–Crippen LogP) is 2.16. The van der Waals surface area contributed by atoms with Crippen LogP contribution in [0.5, 0.6) is 0 Å². The second-order valence-corrected chi connectivity index (χ2v) is 5.11. The first kappa shape index (κ1) is 12.6. The van der Waals surface area contributed by atoms with Crippen molar-refractivity contribution < 1.29 is 0 Å². The van der Waals surface area contributed by atoms with Gasteiger partial charge in [-0.1, -0.05) is 43.7 Å². The van der Waals surface area contributed by atoms with Crippen molar-refractivity contribution >= 4 is 0 Å². The van der Waals surface area contributed by atoms with Crippen LogP contribution in [0.2, 0.25) is 0 Å². The molecule has 1 aliphatic rings. The molecular weight excluding hydrogens is 208 g/mol. The minimum Gasteiger partial charge on any atom is -0.315 e. The molecule has 2 heteroatoms. The quantitative estimate of drug-likeness (QED) is 0.837. The molecule has 0 saturated carbocycles. The molecule has 2 rings (SSSR count). The largest absolute Gasteiger partial charge is 0.315 e. The summed E-state index contributed by atoms with van der Waals surface area (Å²) in [5.74, 6) is 0.829. The van der Waals surface area contributed by atoms with Crippen LogP contribution in [0.15, 0.2) is 30.3 Å². The first-order valence-corrected chi connectivity index (χ1v) is 6.76. The van der Waals surface area contributed by atoms with Gasteiger partial charge in [0.05, 0.1) is 0 Å². The van der Waals surface area contributed by atoms with Crippen molar-refractivity contribution in [2.45, 2.75) is 25.8 Å². The van der Waals surface area contributed by atoms with Gasteiger partial charge in [-0.2, -0.15) is 0 Å². The summed E-state index contributed by atoms with van der Waals surface area (Å²) in [6.45, 7) is 5.81. The van der Waals surface area contributed by atoms with Gasteiger partial charge in [-0.25, -0.2) is 0 Å². The Morgan fingerprint density at radius 2 is 2.00 bits per heavy atom. The highest BCUT2D eigenvalue weighted by atomic mass is 15.2. The Kier molecular flexibility index (Phi) is 4.57. The van der Waals surface area contributed by atoms with E-state index in [4.69, 9.17) is 0 Å². The summed E-state index contributed by atoms with van der Waals surface area (Å²) in [5.41, 5.74) is 1.44. The summed E-state index contributed by atoms with van der Waals surface area (Å²) in [6.07, 6.45) is 2.44. The summed E-state index contributed by atoms with van der Waals surface area (Å²) in [4.78, 5) is 2.53. The van der Waals surface area contributed by atoms with Gasteiger partial charge in [-0.05, 0) is 31.5 Å². The van der Waals surface area contributed by atoms with Crippen molar-refractivity contribution in [2.24, 2.45) is 5.92 Å². The first-order chi connectivity index (χ1) is 8.31. The monoisotopic (exact) mass is 232 g/mol. The van der Waals surface area contributed by atoms with E-state index in [0.29, 0.717) is 0 Å². The van der Waals surface area contributed by atoms with Crippen LogP contribution in [0.4, 0.5) is 0 Å². The van der Waals surface area contributed by atoms with E-state index in [1.807, 2.05) is 0 Å². The lowest BCUT2D eigenvalue weighted by atomic mass is 9.99. The van der Waals surface area contributed by atoms with Crippen molar-refractivity contribution in [2.75, 3.05) is 26.7 Å². The third-order valence-electron chi connectivity index (χ3n) is 3.99. The Balaban J connectivity index is 1.83. The fourth-order valence-corrected chi connectivity index (χ4v) is 2.77. The molecule has 1 aromatic rings. The maximum absolute atomic E-state index is 3.51. The van der Waals surface area contributed by atoms with Gasteiger partial charge in [0.1, 0.15) is 0 Å². The molecular formula is C15H24N2. The zero-order chi connectivity index (χ0) is 12.1. The van der Waals surface area contributed by atoms with Gasteiger partial charge in [-0.3, -0.25) is 0 Å². The minimum absolute atomic E-state index is 0.726.